The third kappa shape index (κ3) is 3.96. The van der Waals surface area contributed by atoms with Crippen LogP contribution in [0.2, 0.25) is 0 Å². The van der Waals surface area contributed by atoms with E-state index in [0.717, 1.165) is 5.56 Å². The number of nitrogens with two attached hydrogens (primary N) is 1. The third-order valence-electron chi connectivity index (χ3n) is 2.68. The molecule has 0 radical (unpaired) electrons. The maximum absolute atomic E-state index is 12.1. The maximum atomic E-state index is 12.1. The summed E-state index contributed by atoms with van der Waals surface area (Å²) in [5.74, 6) is 0.331. The van der Waals surface area contributed by atoms with Crippen molar-refractivity contribution in [2.24, 2.45) is 10.9 Å². The first-order valence-electron chi connectivity index (χ1n) is 6.15. The number of carbonyl (C=O) groups excluding carboxylic acids is 1. The number of nitrogens with zero attached hydrogens (tertiary/aromatic N) is 1. The second-order valence-corrected chi connectivity index (χ2v) is 5.21. The van der Waals surface area contributed by atoms with Crippen molar-refractivity contribution < 1.29 is 14.7 Å². The van der Waals surface area contributed by atoms with Crippen LogP contribution in [0.3, 0.4) is 0 Å². The number of rotatable bonds is 5. The summed E-state index contributed by atoms with van der Waals surface area (Å²) in [6.07, 6.45) is 0. The van der Waals surface area contributed by atoms with Gasteiger partial charge in [0.1, 0.15) is 12.4 Å². The fourth-order valence-corrected chi connectivity index (χ4v) is 2.46. The van der Waals surface area contributed by atoms with Gasteiger partial charge in [-0.1, -0.05) is 11.2 Å². The smallest absolute Gasteiger partial charge is 0.265 e. The van der Waals surface area contributed by atoms with Gasteiger partial charge in [0.25, 0.3) is 5.91 Å². The lowest BCUT2D eigenvalue weighted by molar-refractivity contribution is 0.103. The van der Waals surface area contributed by atoms with E-state index >= 15 is 0 Å². The van der Waals surface area contributed by atoms with E-state index in [1.807, 2.05) is 18.4 Å². The molecule has 6 nitrogen and oxygen atoms in total. The number of hydrogen-bond donors (Lipinski definition) is 3. The quantitative estimate of drug-likeness (QED) is 0.342. The van der Waals surface area contributed by atoms with Crippen LogP contribution in [0.5, 0.6) is 5.75 Å². The van der Waals surface area contributed by atoms with Gasteiger partial charge >= 0.3 is 0 Å². The average Bonchev–Trinajstić information content (AvgIpc) is 2.91. The van der Waals surface area contributed by atoms with Gasteiger partial charge in [0, 0.05) is 11.8 Å². The zero-order valence-electron chi connectivity index (χ0n) is 11.4. The summed E-state index contributed by atoms with van der Waals surface area (Å²) in [6.45, 7) is 1.86. The fraction of sp³-hybridized carbons (Fsp3) is 0.143. The van der Waals surface area contributed by atoms with Gasteiger partial charge in [-0.2, -0.15) is 0 Å². The Balaban J connectivity index is 2.04. The fourth-order valence-electron chi connectivity index (χ4n) is 1.64. The number of oxime groups is 1. The molecule has 0 bridgehead atoms. The Bertz CT molecular complexity index is 667. The minimum absolute atomic E-state index is 0.0290. The van der Waals surface area contributed by atoms with Gasteiger partial charge < -0.3 is 21.0 Å². The van der Waals surface area contributed by atoms with E-state index < -0.39 is 0 Å². The van der Waals surface area contributed by atoms with Crippen molar-refractivity contribution in [3.63, 3.8) is 0 Å². The minimum atomic E-state index is -0.156. The molecule has 2 aromatic rings. The molecule has 110 valence electrons. The molecule has 0 unspecified atom stereocenters. The molecule has 1 aromatic heterocycles. The number of anilines is 1. The first-order valence-corrected chi connectivity index (χ1v) is 7.03. The average molecular weight is 305 g/mol. The molecule has 21 heavy (non-hydrogen) atoms. The van der Waals surface area contributed by atoms with Crippen molar-refractivity contribution in [1.29, 1.82) is 0 Å². The number of benzene rings is 1. The molecule has 7 heteroatoms. The maximum Gasteiger partial charge on any atom is 0.265 e. The van der Waals surface area contributed by atoms with Gasteiger partial charge in [-0.05, 0) is 36.1 Å². The zero-order chi connectivity index (χ0) is 15.2. The summed E-state index contributed by atoms with van der Waals surface area (Å²) in [6, 6.07) is 8.80. The number of amides is 1. The largest absolute Gasteiger partial charge is 0.485 e. The topological polar surface area (TPSA) is 96.9 Å². The zero-order valence-corrected chi connectivity index (χ0v) is 12.2. The molecule has 1 heterocycles. The van der Waals surface area contributed by atoms with Crippen LogP contribution in [0.15, 0.2) is 40.9 Å². The van der Waals surface area contributed by atoms with Crippen molar-refractivity contribution in [2.45, 2.75) is 6.92 Å². The molecule has 0 spiro atoms. The van der Waals surface area contributed by atoms with E-state index in [9.17, 15) is 4.79 Å². The Morgan fingerprint density at radius 2 is 2.29 bits per heavy atom. The van der Waals surface area contributed by atoms with Crippen LogP contribution in [0, 0.1) is 6.92 Å². The van der Waals surface area contributed by atoms with E-state index in [-0.39, 0.29) is 18.3 Å². The predicted octanol–water partition coefficient (Wildman–Crippen LogP) is 2.43. The summed E-state index contributed by atoms with van der Waals surface area (Å²) in [7, 11) is 0. The molecule has 0 fully saturated rings. The van der Waals surface area contributed by atoms with E-state index in [4.69, 9.17) is 15.7 Å². The van der Waals surface area contributed by atoms with Crippen molar-refractivity contribution >= 4 is 28.8 Å². The van der Waals surface area contributed by atoms with E-state index in [1.54, 1.807) is 24.3 Å². The van der Waals surface area contributed by atoms with Crippen LogP contribution in [0.1, 0.15) is 15.2 Å². The third-order valence-corrected chi connectivity index (χ3v) is 3.69. The molecule has 4 N–H and O–H groups in total. The Morgan fingerprint density at radius 1 is 1.48 bits per heavy atom. The van der Waals surface area contributed by atoms with Crippen LogP contribution in [-0.4, -0.2) is 23.6 Å². The predicted molar refractivity (Wildman–Crippen MR) is 82.4 cm³/mol. The second-order valence-electron chi connectivity index (χ2n) is 4.29. The van der Waals surface area contributed by atoms with Gasteiger partial charge in [-0.3, -0.25) is 4.79 Å². The van der Waals surface area contributed by atoms with Crippen LogP contribution < -0.4 is 15.8 Å². The highest BCUT2D eigenvalue weighted by Gasteiger charge is 2.10. The lowest BCUT2D eigenvalue weighted by Gasteiger charge is -2.08. The number of aryl methyl sites for hydroxylation is 1. The minimum Gasteiger partial charge on any atom is -0.485 e. The van der Waals surface area contributed by atoms with Gasteiger partial charge in [0.2, 0.25) is 0 Å². The highest BCUT2D eigenvalue weighted by Crippen LogP contribution is 2.21. The number of hydrogen-bond acceptors (Lipinski definition) is 5. The molecule has 0 aliphatic heterocycles. The molecule has 0 aliphatic rings. The monoisotopic (exact) mass is 305 g/mol. The SMILES string of the molecule is Cc1ccsc1C(=O)Nc1cccc(OC/C(N)=N/O)c1. The highest BCUT2D eigenvalue weighted by molar-refractivity contribution is 7.12. The summed E-state index contributed by atoms with van der Waals surface area (Å²) in [4.78, 5) is 12.8. The normalized spacial score (nSPS) is 11.2. The molecule has 1 amide bonds. The molecule has 2 rings (SSSR count). The Hall–Kier alpha value is -2.54. The number of carbonyl (C=O) groups is 1. The van der Waals surface area contributed by atoms with Crippen molar-refractivity contribution in [2.75, 3.05) is 11.9 Å². The van der Waals surface area contributed by atoms with Crippen LogP contribution in [0.25, 0.3) is 0 Å². The molecular weight excluding hydrogens is 290 g/mol. The summed E-state index contributed by atoms with van der Waals surface area (Å²) >= 11 is 1.39. The lowest BCUT2D eigenvalue weighted by Crippen LogP contribution is -2.20. The van der Waals surface area contributed by atoms with Crippen molar-refractivity contribution in [3.8, 4) is 5.75 Å². The molecule has 0 saturated carbocycles. The standard InChI is InChI=1S/C14H15N3O3S/c1-9-5-6-21-13(9)14(18)16-10-3-2-4-11(7-10)20-8-12(15)17-19/h2-7,19H,8H2,1H3,(H2,15,17)(H,16,18). The number of nitrogens with one attached hydrogen (secondary N) is 1. The van der Waals surface area contributed by atoms with Crippen molar-refractivity contribution in [3.05, 3.63) is 46.2 Å². The van der Waals surface area contributed by atoms with E-state index in [1.165, 1.54) is 11.3 Å². The first kappa shape index (κ1) is 14.9. The molecule has 1 aromatic carbocycles. The number of ether oxygens (including phenoxy) is 1. The summed E-state index contributed by atoms with van der Waals surface area (Å²) in [5, 5.41) is 15.9. The van der Waals surface area contributed by atoms with Gasteiger partial charge in [0.05, 0.1) is 4.88 Å². The Kier molecular flexibility index (Phi) is 4.78. The van der Waals surface area contributed by atoms with E-state index in [0.29, 0.717) is 16.3 Å². The molecular formula is C14H15N3O3S. The van der Waals surface area contributed by atoms with E-state index in [2.05, 4.69) is 10.5 Å². The second kappa shape index (κ2) is 6.76. The lowest BCUT2D eigenvalue weighted by atomic mass is 10.2. The Morgan fingerprint density at radius 3 is 2.95 bits per heavy atom. The molecule has 0 saturated heterocycles. The number of thiophene rings is 1. The van der Waals surface area contributed by atoms with Gasteiger partial charge in [-0.25, -0.2) is 0 Å². The summed E-state index contributed by atoms with van der Waals surface area (Å²) in [5.41, 5.74) is 6.88. The van der Waals surface area contributed by atoms with Crippen LogP contribution in [0.4, 0.5) is 5.69 Å². The highest BCUT2D eigenvalue weighted by atomic mass is 32.1. The summed E-state index contributed by atoms with van der Waals surface area (Å²) < 4.78 is 5.33. The number of amidine groups is 1. The molecule has 0 aliphatic carbocycles. The Labute approximate surface area is 125 Å². The van der Waals surface area contributed by atoms with Gasteiger partial charge in [0.15, 0.2) is 5.84 Å². The molecule has 0 atom stereocenters. The van der Waals surface area contributed by atoms with Gasteiger partial charge in [-0.15, -0.1) is 11.3 Å². The first-order chi connectivity index (χ1) is 10.1. The van der Waals surface area contributed by atoms with Crippen LogP contribution in [-0.2, 0) is 0 Å². The van der Waals surface area contributed by atoms with Crippen molar-refractivity contribution in [1.82, 2.24) is 0 Å². The van der Waals surface area contributed by atoms with Crippen LogP contribution >= 0.6 is 11.3 Å².